The van der Waals surface area contributed by atoms with Crippen LogP contribution in [0.25, 0.3) is 22.5 Å². The summed E-state index contributed by atoms with van der Waals surface area (Å²) in [6, 6.07) is 12.0. The van der Waals surface area contributed by atoms with Gasteiger partial charge in [0.2, 0.25) is 5.88 Å². The van der Waals surface area contributed by atoms with E-state index in [1.54, 1.807) is 30.5 Å². The van der Waals surface area contributed by atoms with Crippen molar-refractivity contribution in [3.05, 3.63) is 66.4 Å². The average Bonchev–Trinajstić information content (AvgIpc) is 2.63. The van der Waals surface area contributed by atoms with Crippen LogP contribution in [0.2, 0.25) is 0 Å². The number of likely N-dealkylation sites (N-methyl/N-ethyl adjacent to an activating group) is 1. The van der Waals surface area contributed by atoms with E-state index in [1.165, 1.54) is 24.3 Å². The van der Waals surface area contributed by atoms with Gasteiger partial charge in [-0.15, -0.1) is 0 Å². The van der Waals surface area contributed by atoms with Crippen molar-refractivity contribution in [2.75, 3.05) is 27.2 Å². The Morgan fingerprint density at radius 1 is 0.846 bits per heavy atom. The molecule has 1 heterocycles. The van der Waals surface area contributed by atoms with E-state index in [0.29, 0.717) is 29.4 Å². The Bertz CT molecular complexity index is 865. The number of halogens is 2. The summed E-state index contributed by atoms with van der Waals surface area (Å²) in [4.78, 5) is 11.0. The predicted octanol–water partition coefficient (Wildman–Crippen LogP) is 4.03. The zero-order valence-electron chi connectivity index (χ0n) is 14.6. The molecular weight excluding hydrogens is 336 g/mol. The molecule has 26 heavy (non-hydrogen) atoms. The fraction of sp³-hybridized carbons (Fsp3) is 0.200. The van der Waals surface area contributed by atoms with Gasteiger partial charge in [0.1, 0.15) is 23.9 Å². The van der Waals surface area contributed by atoms with Gasteiger partial charge >= 0.3 is 0 Å². The van der Waals surface area contributed by atoms with Gasteiger partial charge in [-0.1, -0.05) is 0 Å². The van der Waals surface area contributed by atoms with Crippen LogP contribution in [0.1, 0.15) is 0 Å². The molecule has 6 heteroatoms. The van der Waals surface area contributed by atoms with Crippen LogP contribution in [0.5, 0.6) is 5.88 Å². The van der Waals surface area contributed by atoms with Gasteiger partial charge in [-0.2, -0.15) is 0 Å². The van der Waals surface area contributed by atoms with Crippen molar-refractivity contribution < 1.29 is 13.5 Å². The van der Waals surface area contributed by atoms with E-state index < -0.39 is 0 Å². The summed E-state index contributed by atoms with van der Waals surface area (Å²) >= 11 is 0. The Hall–Kier alpha value is -2.86. The highest BCUT2D eigenvalue weighted by Gasteiger charge is 2.13. The summed E-state index contributed by atoms with van der Waals surface area (Å²) in [7, 11) is 3.91. The van der Waals surface area contributed by atoms with E-state index in [0.717, 1.165) is 12.1 Å². The van der Waals surface area contributed by atoms with E-state index >= 15 is 0 Å². The zero-order valence-corrected chi connectivity index (χ0v) is 14.6. The molecule has 0 aliphatic heterocycles. The first-order valence-electron chi connectivity index (χ1n) is 8.19. The van der Waals surface area contributed by atoms with Crippen molar-refractivity contribution in [2.45, 2.75) is 0 Å². The molecule has 0 saturated carbocycles. The fourth-order valence-corrected chi connectivity index (χ4v) is 2.40. The topological polar surface area (TPSA) is 38.2 Å². The second kappa shape index (κ2) is 8.01. The van der Waals surface area contributed by atoms with Crippen LogP contribution in [0, 0.1) is 11.6 Å². The van der Waals surface area contributed by atoms with Gasteiger partial charge in [0.15, 0.2) is 0 Å². The smallest absolute Gasteiger partial charge is 0.232 e. The quantitative estimate of drug-likeness (QED) is 0.669. The maximum atomic E-state index is 13.3. The SMILES string of the molecule is CN(C)CCOc1cnc(-c2ccc(F)cc2)c(-c2ccc(F)cc2)n1. The maximum Gasteiger partial charge on any atom is 0.232 e. The first-order chi connectivity index (χ1) is 12.5. The minimum Gasteiger partial charge on any atom is -0.475 e. The highest BCUT2D eigenvalue weighted by molar-refractivity contribution is 5.77. The van der Waals surface area contributed by atoms with E-state index in [2.05, 4.69) is 9.97 Å². The summed E-state index contributed by atoms with van der Waals surface area (Å²) in [5.74, 6) is -0.269. The average molecular weight is 355 g/mol. The highest BCUT2D eigenvalue weighted by atomic mass is 19.1. The second-order valence-electron chi connectivity index (χ2n) is 6.07. The minimum absolute atomic E-state index is 0.325. The van der Waals surface area contributed by atoms with Crippen LogP contribution in [0.3, 0.4) is 0 Å². The lowest BCUT2D eigenvalue weighted by Crippen LogP contribution is -2.19. The summed E-state index contributed by atoms with van der Waals surface area (Å²) in [5, 5.41) is 0. The van der Waals surface area contributed by atoms with Crippen LogP contribution in [-0.4, -0.2) is 42.1 Å². The maximum absolute atomic E-state index is 13.3. The number of aromatic nitrogens is 2. The molecule has 0 N–H and O–H groups in total. The third kappa shape index (κ3) is 4.40. The molecule has 0 radical (unpaired) electrons. The molecule has 0 aliphatic rings. The zero-order chi connectivity index (χ0) is 18.5. The largest absolute Gasteiger partial charge is 0.475 e. The molecule has 134 valence electrons. The number of rotatable bonds is 6. The lowest BCUT2D eigenvalue weighted by Gasteiger charge is -2.13. The Kier molecular flexibility index (Phi) is 5.53. The lowest BCUT2D eigenvalue weighted by atomic mass is 10.0. The van der Waals surface area contributed by atoms with Gasteiger partial charge in [-0.05, 0) is 62.6 Å². The number of ether oxygens (including phenoxy) is 1. The molecule has 0 amide bonds. The lowest BCUT2D eigenvalue weighted by molar-refractivity contribution is 0.253. The number of hydrogen-bond donors (Lipinski definition) is 0. The van der Waals surface area contributed by atoms with Crippen LogP contribution >= 0.6 is 0 Å². The van der Waals surface area contributed by atoms with Gasteiger partial charge in [0.05, 0.1) is 11.9 Å². The van der Waals surface area contributed by atoms with Crippen molar-refractivity contribution in [1.82, 2.24) is 14.9 Å². The number of benzene rings is 2. The Balaban J connectivity index is 2.00. The first kappa shape index (κ1) is 17.9. The number of nitrogens with zero attached hydrogens (tertiary/aromatic N) is 3. The monoisotopic (exact) mass is 355 g/mol. The summed E-state index contributed by atoms with van der Waals surface area (Å²) in [6.45, 7) is 1.22. The molecule has 0 aliphatic carbocycles. The second-order valence-corrected chi connectivity index (χ2v) is 6.07. The third-order valence-corrected chi connectivity index (χ3v) is 3.77. The molecule has 3 aromatic rings. The normalized spacial score (nSPS) is 11.0. The molecule has 0 saturated heterocycles. The van der Waals surface area contributed by atoms with E-state index in [1.807, 2.05) is 19.0 Å². The van der Waals surface area contributed by atoms with Crippen molar-refractivity contribution in [3.63, 3.8) is 0 Å². The molecule has 3 rings (SSSR count). The molecule has 0 unspecified atom stereocenters. The van der Waals surface area contributed by atoms with Gasteiger partial charge in [0, 0.05) is 17.7 Å². The molecule has 0 fully saturated rings. The molecule has 4 nitrogen and oxygen atoms in total. The summed E-state index contributed by atoms with van der Waals surface area (Å²) in [5.41, 5.74) is 2.56. The van der Waals surface area contributed by atoms with E-state index in [4.69, 9.17) is 4.74 Å². The molecule has 0 atom stereocenters. The molecule has 0 bridgehead atoms. The Labute approximate surface area is 151 Å². The number of hydrogen-bond acceptors (Lipinski definition) is 4. The molecular formula is C20H19F2N3O. The van der Waals surface area contributed by atoms with Crippen LogP contribution in [0.4, 0.5) is 8.78 Å². The Morgan fingerprint density at radius 2 is 1.38 bits per heavy atom. The summed E-state index contributed by atoms with van der Waals surface area (Å²) < 4.78 is 32.2. The predicted molar refractivity (Wildman–Crippen MR) is 96.9 cm³/mol. The molecule has 1 aromatic heterocycles. The van der Waals surface area contributed by atoms with Gasteiger partial charge < -0.3 is 9.64 Å². The standard InChI is InChI=1S/C20H19F2N3O/c1-25(2)11-12-26-18-13-23-19(14-3-7-16(21)8-4-14)20(24-18)15-5-9-17(22)10-6-15/h3-10,13H,11-12H2,1-2H3. The van der Waals surface area contributed by atoms with Crippen LogP contribution < -0.4 is 4.74 Å². The third-order valence-electron chi connectivity index (χ3n) is 3.77. The molecule has 2 aromatic carbocycles. The van der Waals surface area contributed by atoms with Gasteiger partial charge in [-0.3, -0.25) is 0 Å². The fourth-order valence-electron chi connectivity index (χ4n) is 2.40. The van der Waals surface area contributed by atoms with E-state index in [9.17, 15) is 8.78 Å². The highest BCUT2D eigenvalue weighted by Crippen LogP contribution is 2.30. The van der Waals surface area contributed by atoms with Gasteiger partial charge in [0.25, 0.3) is 0 Å². The van der Waals surface area contributed by atoms with Crippen molar-refractivity contribution >= 4 is 0 Å². The van der Waals surface area contributed by atoms with Crippen molar-refractivity contribution in [1.29, 1.82) is 0 Å². The minimum atomic E-state index is -0.330. The van der Waals surface area contributed by atoms with Crippen LogP contribution in [0.15, 0.2) is 54.7 Å². The first-order valence-corrected chi connectivity index (χ1v) is 8.19. The van der Waals surface area contributed by atoms with Crippen molar-refractivity contribution in [2.24, 2.45) is 0 Å². The summed E-state index contributed by atoms with van der Waals surface area (Å²) in [6.07, 6.45) is 1.54. The molecule has 0 spiro atoms. The van der Waals surface area contributed by atoms with Gasteiger partial charge in [-0.25, -0.2) is 18.7 Å². The van der Waals surface area contributed by atoms with Crippen LogP contribution in [-0.2, 0) is 0 Å². The Morgan fingerprint density at radius 3 is 1.92 bits per heavy atom. The van der Waals surface area contributed by atoms with E-state index in [-0.39, 0.29) is 11.6 Å². The van der Waals surface area contributed by atoms with Crippen molar-refractivity contribution in [3.8, 4) is 28.4 Å².